The highest BCUT2D eigenvalue weighted by molar-refractivity contribution is 5.77. The maximum absolute atomic E-state index is 12.3. The predicted octanol–water partition coefficient (Wildman–Crippen LogP) is 1.13. The zero-order valence-electron chi connectivity index (χ0n) is 14.6. The number of amides is 1. The van der Waals surface area contributed by atoms with Gasteiger partial charge in [-0.1, -0.05) is 19.0 Å². The van der Waals surface area contributed by atoms with Crippen molar-refractivity contribution < 1.29 is 9.32 Å². The first-order valence-corrected chi connectivity index (χ1v) is 8.50. The van der Waals surface area contributed by atoms with Crippen LogP contribution in [0.2, 0.25) is 0 Å². The van der Waals surface area contributed by atoms with Crippen LogP contribution in [0.25, 0.3) is 0 Å². The molecule has 0 unspecified atom stereocenters. The number of hydrogen-bond donors (Lipinski definition) is 1. The van der Waals surface area contributed by atoms with Crippen molar-refractivity contribution >= 4 is 17.9 Å². The second kappa shape index (κ2) is 7.91. The molecule has 9 nitrogen and oxygen atoms in total. The molecule has 1 amide bonds. The van der Waals surface area contributed by atoms with Crippen LogP contribution < -0.4 is 10.2 Å². The van der Waals surface area contributed by atoms with Crippen LogP contribution in [0.5, 0.6) is 0 Å². The largest absolute Gasteiger partial charge is 0.339 e. The number of piperazine rings is 1. The van der Waals surface area contributed by atoms with Crippen LogP contribution in [0.3, 0.4) is 0 Å². The fourth-order valence-corrected chi connectivity index (χ4v) is 2.59. The lowest BCUT2D eigenvalue weighted by molar-refractivity contribution is -0.131. The second-order valence-corrected chi connectivity index (χ2v) is 6.21. The number of carbonyl (C=O) groups is 1. The minimum Gasteiger partial charge on any atom is -0.339 e. The number of carbonyl (C=O) groups excluding carboxylic acids is 1. The van der Waals surface area contributed by atoms with Crippen molar-refractivity contribution in [3.63, 3.8) is 0 Å². The molecular formula is C16H23N7O2. The first-order chi connectivity index (χ1) is 12.1. The summed E-state index contributed by atoms with van der Waals surface area (Å²) in [4.78, 5) is 29.0. The number of anilines is 2. The molecule has 0 radical (unpaired) electrons. The van der Waals surface area contributed by atoms with Crippen molar-refractivity contribution in [3.8, 4) is 0 Å². The molecule has 2 aromatic heterocycles. The van der Waals surface area contributed by atoms with E-state index in [0.29, 0.717) is 43.8 Å². The third-order valence-electron chi connectivity index (χ3n) is 4.04. The summed E-state index contributed by atoms with van der Waals surface area (Å²) in [6, 6.07) is 2.16. The molecule has 1 aliphatic rings. The van der Waals surface area contributed by atoms with Gasteiger partial charge in [-0.25, -0.2) is 9.97 Å². The Morgan fingerprint density at radius 3 is 2.60 bits per heavy atom. The van der Waals surface area contributed by atoms with Gasteiger partial charge in [-0.15, -0.1) is 0 Å². The van der Waals surface area contributed by atoms with Gasteiger partial charge in [0.25, 0.3) is 0 Å². The molecule has 0 atom stereocenters. The van der Waals surface area contributed by atoms with E-state index in [9.17, 15) is 4.79 Å². The molecule has 25 heavy (non-hydrogen) atoms. The SMILES string of the molecule is CC(C)c1noc(NCCC(=O)N2CCN(c3ncccn3)CC2)n1. The molecule has 0 bridgehead atoms. The van der Waals surface area contributed by atoms with Crippen LogP contribution in [-0.2, 0) is 4.79 Å². The van der Waals surface area contributed by atoms with E-state index in [2.05, 4.69) is 30.3 Å². The smallest absolute Gasteiger partial charge is 0.321 e. The molecule has 1 fully saturated rings. The lowest BCUT2D eigenvalue weighted by Gasteiger charge is -2.34. The van der Waals surface area contributed by atoms with E-state index in [1.54, 1.807) is 18.5 Å². The average molecular weight is 345 g/mol. The predicted molar refractivity (Wildman–Crippen MR) is 92.3 cm³/mol. The van der Waals surface area contributed by atoms with Crippen molar-refractivity contribution in [2.45, 2.75) is 26.2 Å². The van der Waals surface area contributed by atoms with Gasteiger partial charge in [-0.05, 0) is 6.07 Å². The number of nitrogens with one attached hydrogen (secondary N) is 1. The summed E-state index contributed by atoms with van der Waals surface area (Å²) >= 11 is 0. The first-order valence-electron chi connectivity index (χ1n) is 8.50. The summed E-state index contributed by atoms with van der Waals surface area (Å²) in [5, 5.41) is 6.89. The molecule has 0 aromatic carbocycles. The molecule has 1 aliphatic heterocycles. The standard InChI is InChI=1S/C16H23N7O2/c1-12(2)14-20-16(25-21-14)19-7-4-13(24)22-8-10-23(11-9-22)15-17-5-3-6-18-15/h3,5-6,12H,4,7-11H2,1-2H3,(H,19,20,21). The highest BCUT2D eigenvalue weighted by atomic mass is 16.5. The van der Waals surface area contributed by atoms with E-state index in [4.69, 9.17) is 4.52 Å². The number of rotatable bonds is 6. The number of nitrogens with zero attached hydrogens (tertiary/aromatic N) is 6. The summed E-state index contributed by atoms with van der Waals surface area (Å²) in [7, 11) is 0. The van der Waals surface area contributed by atoms with Crippen molar-refractivity contribution in [3.05, 3.63) is 24.3 Å². The minimum atomic E-state index is 0.115. The van der Waals surface area contributed by atoms with Gasteiger partial charge < -0.3 is 19.6 Å². The quantitative estimate of drug-likeness (QED) is 0.832. The topological polar surface area (TPSA) is 100 Å². The lowest BCUT2D eigenvalue weighted by Crippen LogP contribution is -2.49. The second-order valence-electron chi connectivity index (χ2n) is 6.21. The van der Waals surface area contributed by atoms with Gasteiger partial charge in [0.1, 0.15) is 0 Å². The molecule has 134 valence electrons. The van der Waals surface area contributed by atoms with E-state index in [1.165, 1.54) is 0 Å². The van der Waals surface area contributed by atoms with Crippen LogP contribution in [0.4, 0.5) is 12.0 Å². The molecule has 1 saturated heterocycles. The molecule has 3 rings (SSSR count). The fraction of sp³-hybridized carbons (Fsp3) is 0.562. The summed E-state index contributed by atoms with van der Waals surface area (Å²) in [5.41, 5.74) is 0. The van der Waals surface area contributed by atoms with Gasteiger partial charge in [-0.3, -0.25) is 4.79 Å². The first kappa shape index (κ1) is 17.1. The van der Waals surface area contributed by atoms with E-state index >= 15 is 0 Å². The minimum absolute atomic E-state index is 0.115. The van der Waals surface area contributed by atoms with Gasteiger partial charge in [0.05, 0.1) is 0 Å². The molecule has 1 N–H and O–H groups in total. The van der Waals surface area contributed by atoms with E-state index < -0.39 is 0 Å². The molecule has 2 aromatic rings. The molecule has 3 heterocycles. The van der Waals surface area contributed by atoms with E-state index in [1.807, 2.05) is 18.7 Å². The number of hydrogen-bond acceptors (Lipinski definition) is 8. The van der Waals surface area contributed by atoms with Gasteiger partial charge >= 0.3 is 6.01 Å². The molecular weight excluding hydrogens is 322 g/mol. The Labute approximate surface area is 146 Å². The molecule has 0 aliphatic carbocycles. The number of aromatic nitrogens is 4. The maximum Gasteiger partial charge on any atom is 0.321 e. The summed E-state index contributed by atoms with van der Waals surface area (Å²) in [5.74, 6) is 1.71. The zero-order chi connectivity index (χ0) is 17.6. The molecule has 0 spiro atoms. The lowest BCUT2D eigenvalue weighted by atomic mass is 10.2. The van der Waals surface area contributed by atoms with Crippen LogP contribution in [0.15, 0.2) is 23.0 Å². The Bertz CT molecular complexity index is 681. The van der Waals surface area contributed by atoms with Crippen molar-refractivity contribution in [2.24, 2.45) is 0 Å². The summed E-state index contributed by atoms with van der Waals surface area (Å²) in [6.07, 6.45) is 3.85. The Balaban J connectivity index is 1.40. The highest BCUT2D eigenvalue weighted by Crippen LogP contribution is 2.13. The molecule has 0 saturated carbocycles. The van der Waals surface area contributed by atoms with Crippen LogP contribution in [0.1, 0.15) is 32.0 Å². The van der Waals surface area contributed by atoms with Crippen molar-refractivity contribution in [1.29, 1.82) is 0 Å². The summed E-state index contributed by atoms with van der Waals surface area (Å²) in [6.45, 7) is 7.30. The average Bonchev–Trinajstić information content (AvgIpc) is 3.12. The zero-order valence-corrected chi connectivity index (χ0v) is 14.6. The monoisotopic (exact) mass is 345 g/mol. The van der Waals surface area contributed by atoms with Gasteiger partial charge in [0.15, 0.2) is 5.82 Å². The van der Waals surface area contributed by atoms with E-state index in [-0.39, 0.29) is 11.8 Å². The van der Waals surface area contributed by atoms with E-state index in [0.717, 1.165) is 13.1 Å². The Morgan fingerprint density at radius 1 is 1.24 bits per heavy atom. The normalized spacial score (nSPS) is 14.8. The van der Waals surface area contributed by atoms with Crippen molar-refractivity contribution in [1.82, 2.24) is 25.0 Å². The summed E-state index contributed by atoms with van der Waals surface area (Å²) < 4.78 is 5.10. The Morgan fingerprint density at radius 2 is 1.96 bits per heavy atom. The van der Waals surface area contributed by atoms with Crippen molar-refractivity contribution in [2.75, 3.05) is 42.9 Å². The van der Waals surface area contributed by atoms with Crippen LogP contribution in [0, 0.1) is 0 Å². The van der Waals surface area contributed by atoms with Gasteiger partial charge in [0.2, 0.25) is 11.9 Å². The fourth-order valence-electron chi connectivity index (χ4n) is 2.59. The maximum atomic E-state index is 12.3. The Kier molecular flexibility index (Phi) is 5.42. The van der Waals surface area contributed by atoms with Gasteiger partial charge in [-0.2, -0.15) is 4.98 Å². The van der Waals surface area contributed by atoms with Gasteiger partial charge in [0, 0.05) is 57.5 Å². The van der Waals surface area contributed by atoms with Crippen LogP contribution in [-0.4, -0.2) is 63.6 Å². The molecule has 9 heteroatoms. The Hall–Kier alpha value is -2.71. The highest BCUT2D eigenvalue weighted by Gasteiger charge is 2.22. The third kappa shape index (κ3) is 4.43. The van der Waals surface area contributed by atoms with Crippen LogP contribution >= 0.6 is 0 Å². The third-order valence-corrected chi connectivity index (χ3v) is 4.04.